The van der Waals surface area contributed by atoms with Crippen molar-refractivity contribution in [2.24, 2.45) is 5.92 Å². The fraction of sp³-hybridized carbons (Fsp3) is 0.391. The van der Waals surface area contributed by atoms with Gasteiger partial charge in [-0.25, -0.2) is 4.79 Å². The summed E-state index contributed by atoms with van der Waals surface area (Å²) >= 11 is 0. The van der Waals surface area contributed by atoms with E-state index in [4.69, 9.17) is 9.47 Å². The summed E-state index contributed by atoms with van der Waals surface area (Å²) in [7, 11) is 3.35. The maximum atomic E-state index is 13.0. The minimum absolute atomic E-state index is 0.0231. The molecule has 2 atom stereocenters. The number of carbonyl (C=O) groups is 2. The summed E-state index contributed by atoms with van der Waals surface area (Å²) in [5.41, 5.74) is 1.88. The normalized spacial score (nSPS) is 12.6. The van der Waals surface area contributed by atoms with Crippen LogP contribution in [0.2, 0.25) is 0 Å². The molecular formula is C23H30N2O4. The lowest BCUT2D eigenvalue weighted by Gasteiger charge is -2.28. The van der Waals surface area contributed by atoms with Gasteiger partial charge in [-0.1, -0.05) is 62.7 Å². The third-order valence-electron chi connectivity index (χ3n) is 4.92. The van der Waals surface area contributed by atoms with Crippen molar-refractivity contribution in [3.05, 3.63) is 65.7 Å². The molecule has 0 aliphatic rings. The van der Waals surface area contributed by atoms with Gasteiger partial charge in [0.25, 0.3) is 0 Å². The molecule has 2 aromatic rings. The van der Waals surface area contributed by atoms with E-state index in [1.807, 2.05) is 68.4 Å². The highest BCUT2D eigenvalue weighted by Gasteiger charge is 2.29. The molecule has 2 aromatic carbocycles. The topological polar surface area (TPSA) is 67.9 Å². The van der Waals surface area contributed by atoms with Crippen molar-refractivity contribution in [2.45, 2.75) is 39.5 Å². The number of carbonyl (C=O) groups excluding carboxylic acids is 2. The second kappa shape index (κ2) is 11.1. The molecule has 0 bridgehead atoms. The van der Waals surface area contributed by atoms with Crippen molar-refractivity contribution in [3.63, 3.8) is 0 Å². The Morgan fingerprint density at radius 3 is 2.28 bits per heavy atom. The van der Waals surface area contributed by atoms with Gasteiger partial charge in [0.1, 0.15) is 18.4 Å². The number of benzene rings is 2. The van der Waals surface area contributed by atoms with Gasteiger partial charge in [0.15, 0.2) is 0 Å². The number of hydrogen-bond donors (Lipinski definition) is 1. The Hall–Kier alpha value is -3.02. The number of rotatable bonds is 9. The van der Waals surface area contributed by atoms with Gasteiger partial charge in [-0.15, -0.1) is 0 Å². The highest BCUT2D eigenvalue weighted by atomic mass is 16.5. The summed E-state index contributed by atoms with van der Waals surface area (Å²) in [6.45, 7) is 4.54. The molecular weight excluding hydrogens is 368 g/mol. The number of nitrogens with one attached hydrogen (secondary N) is 1. The molecule has 6 heteroatoms. The predicted molar refractivity (Wildman–Crippen MR) is 112 cm³/mol. The van der Waals surface area contributed by atoms with E-state index in [0.717, 1.165) is 23.3 Å². The molecule has 0 spiro atoms. The van der Waals surface area contributed by atoms with Crippen LogP contribution in [-0.4, -0.2) is 37.1 Å². The van der Waals surface area contributed by atoms with Crippen molar-refractivity contribution < 1.29 is 19.1 Å². The Balaban J connectivity index is 1.97. The maximum absolute atomic E-state index is 13.0. The Morgan fingerprint density at radius 2 is 1.69 bits per heavy atom. The van der Waals surface area contributed by atoms with Crippen molar-refractivity contribution in [2.75, 3.05) is 14.2 Å². The fourth-order valence-electron chi connectivity index (χ4n) is 2.90. The van der Waals surface area contributed by atoms with E-state index in [2.05, 4.69) is 5.32 Å². The molecule has 2 amide bonds. The minimum atomic E-state index is -0.647. The molecule has 0 aliphatic carbocycles. The largest absolute Gasteiger partial charge is 0.497 e. The van der Waals surface area contributed by atoms with Crippen LogP contribution in [-0.2, 0) is 22.7 Å². The summed E-state index contributed by atoms with van der Waals surface area (Å²) in [6.07, 6.45) is 0.163. The molecule has 2 unspecified atom stereocenters. The highest BCUT2D eigenvalue weighted by molar-refractivity contribution is 5.85. The van der Waals surface area contributed by atoms with Crippen LogP contribution in [0.25, 0.3) is 0 Å². The summed E-state index contributed by atoms with van der Waals surface area (Å²) in [5.74, 6) is 0.597. The maximum Gasteiger partial charge on any atom is 0.408 e. The second-order valence-corrected chi connectivity index (χ2v) is 7.11. The van der Waals surface area contributed by atoms with Gasteiger partial charge in [0.2, 0.25) is 5.91 Å². The Labute approximate surface area is 172 Å². The van der Waals surface area contributed by atoms with E-state index >= 15 is 0 Å². The summed E-state index contributed by atoms with van der Waals surface area (Å²) in [6, 6.07) is 16.3. The van der Waals surface area contributed by atoms with Crippen molar-refractivity contribution in [1.82, 2.24) is 10.2 Å². The molecule has 0 saturated carbocycles. The van der Waals surface area contributed by atoms with Crippen LogP contribution >= 0.6 is 0 Å². The number of methoxy groups -OCH3 is 1. The number of amides is 2. The zero-order valence-corrected chi connectivity index (χ0v) is 17.6. The van der Waals surface area contributed by atoms with E-state index < -0.39 is 12.1 Å². The first kappa shape index (κ1) is 22.3. The molecule has 1 N–H and O–H groups in total. The lowest BCUT2D eigenvalue weighted by atomic mass is 9.98. The number of alkyl carbamates (subject to hydrolysis) is 1. The van der Waals surface area contributed by atoms with Crippen molar-refractivity contribution in [1.29, 1.82) is 0 Å². The number of nitrogens with zero attached hydrogens (tertiary/aromatic N) is 1. The van der Waals surface area contributed by atoms with E-state index in [1.54, 1.807) is 19.1 Å². The van der Waals surface area contributed by atoms with Crippen LogP contribution in [0.3, 0.4) is 0 Å². The first-order chi connectivity index (χ1) is 13.9. The molecule has 0 radical (unpaired) electrons. The third-order valence-corrected chi connectivity index (χ3v) is 4.92. The Bertz CT molecular complexity index is 777. The summed E-state index contributed by atoms with van der Waals surface area (Å²) in [4.78, 5) is 26.9. The molecule has 6 nitrogen and oxygen atoms in total. The zero-order valence-electron chi connectivity index (χ0n) is 17.6. The number of likely N-dealkylation sites (N-methyl/N-ethyl adjacent to an activating group) is 1. The third kappa shape index (κ3) is 6.82. The van der Waals surface area contributed by atoms with Gasteiger partial charge in [-0.3, -0.25) is 4.79 Å². The molecule has 0 aliphatic heterocycles. The van der Waals surface area contributed by atoms with Crippen molar-refractivity contribution >= 4 is 12.0 Å². The lowest BCUT2D eigenvalue weighted by molar-refractivity contribution is -0.133. The first-order valence-electron chi connectivity index (χ1n) is 9.79. The highest BCUT2D eigenvalue weighted by Crippen LogP contribution is 2.15. The van der Waals surface area contributed by atoms with Crippen LogP contribution in [0.5, 0.6) is 5.75 Å². The van der Waals surface area contributed by atoms with Gasteiger partial charge in [-0.05, 0) is 29.2 Å². The molecule has 0 fully saturated rings. The molecule has 156 valence electrons. The van der Waals surface area contributed by atoms with Crippen LogP contribution in [0.1, 0.15) is 31.4 Å². The van der Waals surface area contributed by atoms with E-state index in [1.165, 1.54) is 0 Å². The van der Waals surface area contributed by atoms with Gasteiger partial charge in [-0.2, -0.15) is 0 Å². The summed E-state index contributed by atoms with van der Waals surface area (Å²) in [5, 5.41) is 2.75. The quantitative estimate of drug-likeness (QED) is 0.693. The minimum Gasteiger partial charge on any atom is -0.497 e. The van der Waals surface area contributed by atoms with Gasteiger partial charge < -0.3 is 19.7 Å². The average Bonchev–Trinajstić information content (AvgIpc) is 2.76. The van der Waals surface area contributed by atoms with E-state index in [0.29, 0.717) is 6.54 Å². The van der Waals surface area contributed by atoms with Gasteiger partial charge >= 0.3 is 6.09 Å². The first-order valence-corrected chi connectivity index (χ1v) is 9.79. The second-order valence-electron chi connectivity index (χ2n) is 7.11. The van der Waals surface area contributed by atoms with Gasteiger partial charge in [0, 0.05) is 13.6 Å². The Morgan fingerprint density at radius 1 is 1.03 bits per heavy atom. The molecule has 0 saturated heterocycles. The van der Waals surface area contributed by atoms with Crippen LogP contribution in [0.4, 0.5) is 4.79 Å². The fourth-order valence-corrected chi connectivity index (χ4v) is 2.90. The smallest absolute Gasteiger partial charge is 0.408 e. The van der Waals surface area contributed by atoms with E-state index in [9.17, 15) is 9.59 Å². The van der Waals surface area contributed by atoms with Crippen molar-refractivity contribution in [3.8, 4) is 5.75 Å². The van der Waals surface area contributed by atoms with Crippen LogP contribution in [0.15, 0.2) is 54.6 Å². The number of hydrogen-bond acceptors (Lipinski definition) is 4. The number of ether oxygens (including phenoxy) is 2. The molecule has 29 heavy (non-hydrogen) atoms. The van der Waals surface area contributed by atoms with Crippen LogP contribution < -0.4 is 10.1 Å². The lowest BCUT2D eigenvalue weighted by Crippen LogP contribution is -2.50. The predicted octanol–water partition coefficient (Wildman–Crippen LogP) is 3.99. The SMILES string of the molecule is CCC(C)C(NC(=O)OCc1ccccc1)C(=O)N(C)Cc1ccc(OC)cc1. The molecule has 0 aromatic heterocycles. The molecule has 2 rings (SSSR count). The monoisotopic (exact) mass is 398 g/mol. The molecule has 0 heterocycles. The van der Waals surface area contributed by atoms with Gasteiger partial charge in [0.05, 0.1) is 7.11 Å². The standard InChI is InChI=1S/C23H30N2O4/c1-5-17(2)21(24-23(27)29-16-19-9-7-6-8-10-19)22(26)25(3)15-18-11-13-20(28-4)14-12-18/h6-14,17,21H,5,15-16H2,1-4H3,(H,24,27). The van der Waals surface area contributed by atoms with Crippen LogP contribution in [0, 0.1) is 5.92 Å². The summed E-state index contributed by atoms with van der Waals surface area (Å²) < 4.78 is 10.5. The average molecular weight is 399 g/mol. The Kier molecular flexibility index (Phi) is 8.52. The zero-order chi connectivity index (χ0) is 21.2. The van der Waals surface area contributed by atoms with E-state index in [-0.39, 0.29) is 18.4 Å².